The second-order valence-corrected chi connectivity index (χ2v) is 8.14. The van der Waals surface area contributed by atoms with E-state index in [9.17, 15) is 23.5 Å². The highest BCUT2D eigenvalue weighted by Gasteiger charge is 2.22. The zero-order chi connectivity index (χ0) is 27.3. The Bertz CT molecular complexity index is 981. The number of carboxylic acid groups (broad SMARTS) is 1. The number of amides is 1. The van der Waals surface area contributed by atoms with Crippen molar-refractivity contribution in [1.82, 2.24) is 4.90 Å². The average Bonchev–Trinajstić information content (AvgIpc) is 2.85. The van der Waals surface area contributed by atoms with E-state index in [2.05, 4.69) is 0 Å². The van der Waals surface area contributed by atoms with Crippen molar-refractivity contribution in [3.05, 3.63) is 54.1 Å². The second-order valence-electron chi connectivity index (χ2n) is 8.14. The SMILES string of the molecule is CCOC(Cc1ccc(OCCN(CCOCC(C)(F)F)C(=O)Oc2cccc(OC)c2)cc1)C(=O)O. The molecular formula is C26H33F2NO8. The highest BCUT2D eigenvalue weighted by Crippen LogP contribution is 2.20. The summed E-state index contributed by atoms with van der Waals surface area (Å²) in [4.78, 5) is 25.3. The Hall–Kier alpha value is -3.44. The van der Waals surface area contributed by atoms with Crippen LogP contribution in [0.25, 0.3) is 0 Å². The van der Waals surface area contributed by atoms with Gasteiger partial charge in [0.1, 0.15) is 30.5 Å². The van der Waals surface area contributed by atoms with Crippen molar-refractivity contribution in [3.63, 3.8) is 0 Å². The number of rotatable bonds is 16. The first kappa shape index (κ1) is 29.8. The van der Waals surface area contributed by atoms with E-state index < -0.39 is 30.7 Å². The topological polar surface area (TPSA) is 104 Å². The van der Waals surface area contributed by atoms with Crippen LogP contribution in [0.3, 0.4) is 0 Å². The molecule has 0 saturated carbocycles. The molecule has 1 amide bonds. The minimum atomic E-state index is -2.98. The Kier molecular flexibility index (Phi) is 12.0. The first-order valence-corrected chi connectivity index (χ1v) is 11.7. The lowest BCUT2D eigenvalue weighted by Crippen LogP contribution is -2.39. The molecule has 2 rings (SSSR count). The summed E-state index contributed by atoms with van der Waals surface area (Å²) in [7, 11) is 1.49. The fourth-order valence-electron chi connectivity index (χ4n) is 3.18. The van der Waals surface area contributed by atoms with E-state index in [-0.39, 0.29) is 38.5 Å². The fourth-order valence-corrected chi connectivity index (χ4v) is 3.18. The summed E-state index contributed by atoms with van der Waals surface area (Å²) in [5.74, 6) is -2.73. The Morgan fingerprint density at radius 3 is 2.32 bits per heavy atom. The quantitative estimate of drug-likeness (QED) is 0.324. The monoisotopic (exact) mass is 525 g/mol. The molecule has 0 saturated heterocycles. The minimum Gasteiger partial charge on any atom is -0.497 e. The van der Waals surface area contributed by atoms with E-state index in [4.69, 9.17) is 23.7 Å². The number of carboxylic acids is 1. The summed E-state index contributed by atoms with van der Waals surface area (Å²) in [6.07, 6.45) is -1.42. The van der Waals surface area contributed by atoms with E-state index in [1.54, 1.807) is 55.5 Å². The molecule has 11 heteroatoms. The third-order valence-electron chi connectivity index (χ3n) is 4.98. The molecule has 2 aromatic rings. The molecule has 37 heavy (non-hydrogen) atoms. The molecule has 0 heterocycles. The third kappa shape index (κ3) is 11.4. The number of nitrogens with zero attached hydrogens (tertiary/aromatic N) is 1. The molecule has 1 unspecified atom stereocenters. The van der Waals surface area contributed by atoms with Crippen LogP contribution in [0, 0.1) is 0 Å². The van der Waals surface area contributed by atoms with Crippen LogP contribution >= 0.6 is 0 Å². The molecule has 2 aromatic carbocycles. The lowest BCUT2D eigenvalue weighted by Gasteiger charge is -2.22. The molecule has 1 N–H and O–H groups in total. The second kappa shape index (κ2) is 15.0. The number of ether oxygens (including phenoxy) is 5. The van der Waals surface area contributed by atoms with Gasteiger partial charge in [-0.15, -0.1) is 0 Å². The molecule has 0 aromatic heterocycles. The smallest absolute Gasteiger partial charge is 0.415 e. The van der Waals surface area contributed by atoms with Crippen LogP contribution in [0.2, 0.25) is 0 Å². The van der Waals surface area contributed by atoms with Crippen LogP contribution in [0.4, 0.5) is 13.6 Å². The van der Waals surface area contributed by atoms with Crippen molar-refractivity contribution >= 4 is 12.1 Å². The van der Waals surface area contributed by atoms with E-state index in [1.807, 2.05) is 0 Å². The molecule has 0 aliphatic heterocycles. The molecule has 1 atom stereocenters. The molecule has 9 nitrogen and oxygen atoms in total. The molecule has 0 bridgehead atoms. The van der Waals surface area contributed by atoms with Gasteiger partial charge in [0.05, 0.1) is 20.3 Å². The van der Waals surface area contributed by atoms with Gasteiger partial charge < -0.3 is 33.7 Å². The largest absolute Gasteiger partial charge is 0.497 e. The van der Waals surface area contributed by atoms with Gasteiger partial charge in [-0.25, -0.2) is 18.4 Å². The number of hydrogen-bond acceptors (Lipinski definition) is 7. The van der Waals surface area contributed by atoms with Gasteiger partial charge in [-0.2, -0.15) is 0 Å². The maximum Gasteiger partial charge on any atom is 0.415 e. The van der Waals surface area contributed by atoms with Crippen LogP contribution in [0.15, 0.2) is 48.5 Å². The van der Waals surface area contributed by atoms with Crippen LogP contribution < -0.4 is 14.2 Å². The van der Waals surface area contributed by atoms with Crippen LogP contribution in [-0.2, 0) is 20.7 Å². The maximum absolute atomic E-state index is 13.0. The Balaban J connectivity index is 1.94. The standard InChI is InChI=1S/C26H33F2NO8/c1-4-35-23(24(30)31)16-19-8-10-20(11-9-19)36-15-13-29(12-14-34-18-26(2,27)28)25(32)37-22-7-5-6-21(17-22)33-3/h5-11,17,23H,4,12-16,18H2,1-3H3,(H,30,31). The van der Waals surface area contributed by atoms with Crippen molar-refractivity contribution in [2.45, 2.75) is 32.3 Å². The molecule has 0 radical (unpaired) electrons. The first-order valence-electron chi connectivity index (χ1n) is 11.7. The van der Waals surface area contributed by atoms with Gasteiger partial charge in [0.15, 0.2) is 6.10 Å². The van der Waals surface area contributed by atoms with Crippen molar-refractivity contribution in [2.24, 2.45) is 0 Å². The van der Waals surface area contributed by atoms with Crippen molar-refractivity contribution < 1.29 is 47.2 Å². The molecule has 0 aliphatic carbocycles. The van der Waals surface area contributed by atoms with Crippen LogP contribution in [-0.4, -0.2) is 80.7 Å². The van der Waals surface area contributed by atoms with Gasteiger partial charge in [-0.3, -0.25) is 0 Å². The molecule has 0 spiro atoms. The lowest BCUT2D eigenvalue weighted by molar-refractivity contribution is -0.149. The van der Waals surface area contributed by atoms with E-state index in [1.165, 1.54) is 12.0 Å². The number of halogens is 2. The Morgan fingerprint density at radius 1 is 1.03 bits per heavy atom. The number of alkyl halides is 2. The number of benzene rings is 2. The van der Waals surface area contributed by atoms with Crippen molar-refractivity contribution in [1.29, 1.82) is 0 Å². The number of carbonyl (C=O) groups excluding carboxylic acids is 1. The van der Waals surface area contributed by atoms with Crippen LogP contribution in [0.5, 0.6) is 17.2 Å². The lowest BCUT2D eigenvalue weighted by atomic mass is 10.1. The predicted octanol–water partition coefficient (Wildman–Crippen LogP) is 4.28. The molecular weight excluding hydrogens is 492 g/mol. The van der Waals surface area contributed by atoms with E-state index >= 15 is 0 Å². The minimum absolute atomic E-state index is 0.00911. The summed E-state index contributed by atoms with van der Waals surface area (Å²) >= 11 is 0. The number of hydrogen-bond donors (Lipinski definition) is 1. The summed E-state index contributed by atoms with van der Waals surface area (Å²) < 4.78 is 52.5. The zero-order valence-corrected chi connectivity index (χ0v) is 21.2. The predicted molar refractivity (Wildman–Crippen MR) is 131 cm³/mol. The fraction of sp³-hybridized carbons (Fsp3) is 0.462. The summed E-state index contributed by atoms with van der Waals surface area (Å²) in [5.41, 5.74) is 0.765. The normalized spacial score (nSPS) is 12.0. The number of methoxy groups -OCH3 is 1. The van der Waals surface area contributed by atoms with E-state index in [0.717, 1.165) is 12.5 Å². The third-order valence-corrected chi connectivity index (χ3v) is 4.98. The maximum atomic E-state index is 13.0. The molecule has 0 aliphatic rings. The number of aliphatic carboxylic acids is 1. The molecule has 204 valence electrons. The average molecular weight is 526 g/mol. The zero-order valence-electron chi connectivity index (χ0n) is 21.2. The van der Waals surface area contributed by atoms with E-state index in [0.29, 0.717) is 18.1 Å². The molecule has 0 fully saturated rings. The Labute approximate surface area is 214 Å². The van der Waals surface area contributed by atoms with Crippen molar-refractivity contribution in [2.75, 3.05) is 46.6 Å². The highest BCUT2D eigenvalue weighted by atomic mass is 19.3. The van der Waals surface area contributed by atoms with Gasteiger partial charge in [0.2, 0.25) is 0 Å². The van der Waals surface area contributed by atoms with Gasteiger partial charge >= 0.3 is 12.1 Å². The summed E-state index contributed by atoms with van der Waals surface area (Å²) in [5, 5.41) is 9.23. The van der Waals surface area contributed by atoms with Gasteiger partial charge in [-0.1, -0.05) is 18.2 Å². The summed E-state index contributed by atoms with van der Waals surface area (Å²) in [6, 6.07) is 13.3. The van der Waals surface area contributed by atoms with Gasteiger partial charge in [-0.05, 0) is 36.8 Å². The number of carbonyl (C=O) groups is 2. The van der Waals surface area contributed by atoms with Crippen molar-refractivity contribution in [3.8, 4) is 17.2 Å². The van der Waals surface area contributed by atoms with Gasteiger partial charge in [0, 0.05) is 32.6 Å². The summed E-state index contributed by atoms with van der Waals surface area (Å²) in [6.45, 7) is 2.09. The Morgan fingerprint density at radius 2 is 1.70 bits per heavy atom. The van der Waals surface area contributed by atoms with Crippen LogP contribution in [0.1, 0.15) is 19.4 Å². The van der Waals surface area contributed by atoms with Gasteiger partial charge in [0.25, 0.3) is 5.92 Å². The highest BCUT2D eigenvalue weighted by molar-refractivity contribution is 5.72. The first-order chi connectivity index (χ1) is 17.6.